The average Bonchev–Trinajstić information content (AvgIpc) is 2.05. The Balaban J connectivity index is 1.93. The van der Waals surface area contributed by atoms with E-state index in [1.54, 1.807) is 0 Å². The molecule has 2 unspecified atom stereocenters. The molecule has 10 heavy (non-hydrogen) atoms. The summed E-state index contributed by atoms with van der Waals surface area (Å²) in [5, 5.41) is 0. The van der Waals surface area contributed by atoms with Gasteiger partial charge in [-0.3, -0.25) is 0 Å². The minimum absolute atomic E-state index is 0.211. The van der Waals surface area contributed by atoms with Crippen LogP contribution in [0.4, 0.5) is 0 Å². The highest BCUT2D eigenvalue weighted by Crippen LogP contribution is 2.20. The lowest BCUT2D eigenvalue weighted by atomic mass is 10.1. The fraction of sp³-hybridized carbons (Fsp3) is 1.00. The lowest BCUT2D eigenvalue weighted by molar-refractivity contribution is -0.223. The van der Waals surface area contributed by atoms with E-state index < -0.39 is 0 Å². The molecule has 0 bridgehead atoms. The summed E-state index contributed by atoms with van der Waals surface area (Å²) in [5.41, 5.74) is 0. The third kappa shape index (κ3) is 1.17. The van der Waals surface area contributed by atoms with Crippen LogP contribution < -0.4 is 0 Å². The normalized spacial score (nSPS) is 40.8. The van der Waals surface area contributed by atoms with Gasteiger partial charge in [-0.15, -0.1) is 0 Å². The van der Waals surface area contributed by atoms with Crippen LogP contribution in [0.3, 0.4) is 0 Å². The molecule has 0 amide bonds. The summed E-state index contributed by atoms with van der Waals surface area (Å²) in [6.45, 7) is 2.03. The SMILES string of the molecule is C1COC2COCOC2C1. The van der Waals surface area contributed by atoms with Crippen LogP contribution >= 0.6 is 0 Å². The van der Waals surface area contributed by atoms with E-state index in [2.05, 4.69) is 0 Å². The molecular formula is C7H12O3. The first kappa shape index (κ1) is 6.58. The number of ether oxygens (including phenoxy) is 3. The van der Waals surface area contributed by atoms with E-state index in [0.717, 1.165) is 19.4 Å². The smallest absolute Gasteiger partial charge is 0.147 e. The molecule has 0 spiro atoms. The molecule has 0 aromatic rings. The second-order valence-corrected chi connectivity index (χ2v) is 2.75. The fourth-order valence-electron chi connectivity index (χ4n) is 1.46. The summed E-state index contributed by atoms with van der Waals surface area (Å²) in [4.78, 5) is 0. The maximum absolute atomic E-state index is 5.43. The summed E-state index contributed by atoms with van der Waals surface area (Å²) in [7, 11) is 0. The molecule has 0 radical (unpaired) electrons. The molecule has 2 fully saturated rings. The Morgan fingerprint density at radius 3 is 3.00 bits per heavy atom. The van der Waals surface area contributed by atoms with E-state index in [4.69, 9.17) is 14.2 Å². The molecule has 0 saturated carbocycles. The van der Waals surface area contributed by atoms with Gasteiger partial charge in [0.15, 0.2) is 0 Å². The van der Waals surface area contributed by atoms with Crippen LogP contribution in [0.15, 0.2) is 0 Å². The topological polar surface area (TPSA) is 27.7 Å². The Morgan fingerprint density at radius 2 is 2.10 bits per heavy atom. The van der Waals surface area contributed by atoms with Crippen molar-refractivity contribution in [1.82, 2.24) is 0 Å². The van der Waals surface area contributed by atoms with Gasteiger partial charge in [-0.2, -0.15) is 0 Å². The van der Waals surface area contributed by atoms with Crippen molar-refractivity contribution in [3.63, 3.8) is 0 Å². The number of rotatable bonds is 0. The van der Waals surface area contributed by atoms with E-state index in [-0.39, 0.29) is 6.10 Å². The lowest BCUT2D eigenvalue weighted by Crippen LogP contribution is -2.43. The van der Waals surface area contributed by atoms with Gasteiger partial charge >= 0.3 is 0 Å². The molecule has 2 heterocycles. The predicted molar refractivity (Wildman–Crippen MR) is 34.7 cm³/mol. The quantitative estimate of drug-likeness (QED) is 0.496. The van der Waals surface area contributed by atoms with Crippen molar-refractivity contribution in [1.29, 1.82) is 0 Å². The van der Waals surface area contributed by atoms with Gasteiger partial charge in [0.1, 0.15) is 12.9 Å². The van der Waals surface area contributed by atoms with Crippen LogP contribution in [0, 0.1) is 0 Å². The predicted octanol–water partition coefficient (Wildman–Crippen LogP) is 0.538. The van der Waals surface area contributed by atoms with Crippen molar-refractivity contribution in [2.75, 3.05) is 20.0 Å². The molecule has 0 aromatic carbocycles. The third-order valence-corrected chi connectivity index (χ3v) is 2.03. The van der Waals surface area contributed by atoms with Gasteiger partial charge in [0.2, 0.25) is 0 Å². The monoisotopic (exact) mass is 144 g/mol. The minimum Gasteiger partial charge on any atom is -0.373 e. The molecular weight excluding hydrogens is 132 g/mol. The first-order valence-corrected chi connectivity index (χ1v) is 3.78. The zero-order chi connectivity index (χ0) is 6.81. The Bertz CT molecular complexity index is 89.4. The standard InChI is InChI=1S/C7H12O3/c1-2-6-7(9-3-1)4-8-5-10-6/h6-7H,1-5H2. The van der Waals surface area contributed by atoms with Gasteiger partial charge in [0, 0.05) is 6.61 Å². The van der Waals surface area contributed by atoms with Crippen molar-refractivity contribution in [2.24, 2.45) is 0 Å². The van der Waals surface area contributed by atoms with Crippen molar-refractivity contribution < 1.29 is 14.2 Å². The molecule has 2 saturated heterocycles. The van der Waals surface area contributed by atoms with Gasteiger partial charge in [0.25, 0.3) is 0 Å². The van der Waals surface area contributed by atoms with E-state index in [1.807, 2.05) is 0 Å². The van der Waals surface area contributed by atoms with Gasteiger partial charge in [-0.05, 0) is 12.8 Å². The first-order chi connectivity index (χ1) is 4.97. The van der Waals surface area contributed by atoms with Gasteiger partial charge in [-0.1, -0.05) is 0 Å². The largest absolute Gasteiger partial charge is 0.373 e. The molecule has 3 nitrogen and oxygen atoms in total. The zero-order valence-electron chi connectivity index (χ0n) is 5.91. The average molecular weight is 144 g/mol. The third-order valence-electron chi connectivity index (χ3n) is 2.03. The number of hydrogen-bond acceptors (Lipinski definition) is 3. The highest BCUT2D eigenvalue weighted by Gasteiger charge is 2.29. The van der Waals surface area contributed by atoms with E-state index >= 15 is 0 Å². The Labute approximate surface area is 60.3 Å². The molecule has 3 heteroatoms. The Hall–Kier alpha value is -0.120. The number of hydrogen-bond donors (Lipinski definition) is 0. The summed E-state index contributed by atoms with van der Waals surface area (Å²) >= 11 is 0. The van der Waals surface area contributed by atoms with Crippen LogP contribution in [0.25, 0.3) is 0 Å². The van der Waals surface area contributed by atoms with E-state index in [0.29, 0.717) is 19.5 Å². The molecule has 2 aliphatic rings. The summed E-state index contributed by atoms with van der Waals surface area (Å²) in [6, 6.07) is 0. The lowest BCUT2D eigenvalue weighted by Gasteiger charge is -2.34. The van der Waals surface area contributed by atoms with E-state index in [9.17, 15) is 0 Å². The Kier molecular flexibility index (Phi) is 1.88. The summed E-state index contributed by atoms with van der Waals surface area (Å²) in [5.74, 6) is 0. The first-order valence-electron chi connectivity index (χ1n) is 3.78. The van der Waals surface area contributed by atoms with E-state index in [1.165, 1.54) is 0 Å². The minimum atomic E-state index is 0.211. The maximum Gasteiger partial charge on any atom is 0.147 e. The van der Waals surface area contributed by atoms with Gasteiger partial charge in [-0.25, -0.2) is 0 Å². The molecule has 0 aromatic heterocycles. The molecule has 2 aliphatic heterocycles. The summed E-state index contributed by atoms with van der Waals surface area (Å²) < 4.78 is 15.9. The second kappa shape index (κ2) is 2.86. The van der Waals surface area contributed by atoms with Crippen LogP contribution in [0.2, 0.25) is 0 Å². The molecule has 0 aliphatic carbocycles. The van der Waals surface area contributed by atoms with Crippen molar-refractivity contribution in [3.05, 3.63) is 0 Å². The molecule has 2 atom stereocenters. The zero-order valence-corrected chi connectivity index (χ0v) is 5.91. The molecule has 58 valence electrons. The van der Waals surface area contributed by atoms with Crippen LogP contribution in [-0.2, 0) is 14.2 Å². The van der Waals surface area contributed by atoms with Crippen LogP contribution in [0.5, 0.6) is 0 Å². The Morgan fingerprint density at radius 1 is 1.10 bits per heavy atom. The fourth-order valence-corrected chi connectivity index (χ4v) is 1.46. The van der Waals surface area contributed by atoms with Crippen molar-refractivity contribution >= 4 is 0 Å². The summed E-state index contributed by atoms with van der Waals surface area (Å²) in [6.07, 6.45) is 2.78. The van der Waals surface area contributed by atoms with Gasteiger partial charge in [0.05, 0.1) is 12.7 Å². The second-order valence-electron chi connectivity index (χ2n) is 2.75. The highest BCUT2D eigenvalue weighted by atomic mass is 16.7. The van der Waals surface area contributed by atoms with Crippen LogP contribution in [-0.4, -0.2) is 32.2 Å². The maximum atomic E-state index is 5.43. The van der Waals surface area contributed by atoms with Gasteiger partial charge < -0.3 is 14.2 Å². The molecule has 2 rings (SSSR count). The number of fused-ring (bicyclic) bond motifs is 1. The highest BCUT2D eigenvalue weighted by molar-refractivity contribution is 4.76. The molecule has 0 N–H and O–H groups in total. The van der Waals surface area contributed by atoms with Crippen molar-refractivity contribution in [2.45, 2.75) is 25.0 Å². The van der Waals surface area contributed by atoms with Crippen molar-refractivity contribution in [3.8, 4) is 0 Å². The van der Waals surface area contributed by atoms with Crippen LogP contribution in [0.1, 0.15) is 12.8 Å².